The molecule has 144 valence electrons. The fourth-order valence-corrected chi connectivity index (χ4v) is 4.10. The lowest BCUT2D eigenvalue weighted by Gasteiger charge is -2.09. The van der Waals surface area contributed by atoms with Crippen molar-refractivity contribution in [3.63, 3.8) is 0 Å². The summed E-state index contributed by atoms with van der Waals surface area (Å²) < 4.78 is 2.14. The van der Waals surface area contributed by atoms with Crippen molar-refractivity contribution in [2.45, 2.75) is 20.4 Å². The second-order valence-corrected chi connectivity index (χ2v) is 7.73. The minimum atomic E-state index is -0.192. The highest BCUT2D eigenvalue weighted by molar-refractivity contribution is 6.25. The van der Waals surface area contributed by atoms with E-state index in [0.717, 1.165) is 33.3 Å². The summed E-state index contributed by atoms with van der Waals surface area (Å²) in [6, 6.07) is 21.9. The molecule has 0 spiro atoms. The quantitative estimate of drug-likeness (QED) is 0.482. The molecule has 1 aliphatic carbocycles. The van der Waals surface area contributed by atoms with Crippen molar-refractivity contribution < 1.29 is 4.79 Å². The molecule has 0 saturated heterocycles. The largest absolute Gasteiger partial charge is 0.326 e. The van der Waals surface area contributed by atoms with Gasteiger partial charge in [0.25, 0.3) is 0 Å². The Morgan fingerprint density at radius 3 is 2.40 bits per heavy atom. The Balaban J connectivity index is 1.50. The fourth-order valence-electron chi connectivity index (χ4n) is 4.10. The predicted molar refractivity (Wildman–Crippen MR) is 117 cm³/mol. The number of imidazole rings is 1. The fraction of sp³-hybridized carbons (Fsp3) is 0.115. The molecule has 4 nitrogen and oxygen atoms in total. The Morgan fingerprint density at radius 1 is 0.967 bits per heavy atom. The molecule has 0 unspecified atom stereocenters. The number of allylic oxidation sites excluding steroid dienone is 1. The number of carbonyl (C=O) groups is 1. The molecule has 1 heterocycles. The van der Waals surface area contributed by atoms with Crippen molar-refractivity contribution in [1.82, 2.24) is 9.55 Å². The topological polar surface area (TPSA) is 58.7 Å². The van der Waals surface area contributed by atoms with Crippen LogP contribution in [0, 0.1) is 25.2 Å². The summed E-state index contributed by atoms with van der Waals surface area (Å²) in [6.07, 6.45) is 1.87. The van der Waals surface area contributed by atoms with Crippen LogP contribution in [0.5, 0.6) is 0 Å². The lowest BCUT2D eigenvalue weighted by atomic mass is 9.97. The summed E-state index contributed by atoms with van der Waals surface area (Å²) in [5.41, 5.74) is 9.00. The van der Waals surface area contributed by atoms with Gasteiger partial charge in [0, 0.05) is 17.7 Å². The summed E-state index contributed by atoms with van der Waals surface area (Å²) in [4.78, 5) is 17.1. The molecule has 0 radical (unpaired) electrons. The van der Waals surface area contributed by atoms with Crippen molar-refractivity contribution in [3.05, 3.63) is 106 Å². The Morgan fingerprint density at radius 2 is 1.67 bits per heavy atom. The highest BCUT2D eigenvalue weighted by atomic mass is 16.1. The molecular weight excluding hydrogens is 370 g/mol. The first-order valence-electron chi connectivity index (χ1n) is 9.86. The maximum atomic E-state index is 12.6. The number of hydrogen-bond donors (Lipinski definition) is 0. The van der Waals surface area contributed by atoms with Crippen LogP contribution in [-0.4, -0.2) is 15.3 Å². The Bertz CT molecular complexity index is 1400. The molecule has 30 heavy (non-hydrogen) atoms. The van der Waals surface area contributed by atoms with E-state index in [9.17, 15) is 10.1 Å². The van der Waals surface area contributed by atoms with E-state index in [1.54, 1.807) is 6.07 Å². The third-order valence-electron chi connectivity index (χ3n) is 5.86. The van der Waals surface area contributed by atoms with E-state index >= 15 is 0 Å². The first kappa shape index (κ1) is 18.1. The van der Waals surface area contributed by atoms with Crippen molar-refractivity contribution in [1.29, 1.82) is 5.26 Å². The first-order chi connectivity index (χ1) is 14.6. The van der Waals surface area contributed by atoms with Gasteiger partial charge in [-0.1, -0.05) is 48.5 Å². The summed E-state index contributed by atoms with van der Waals surface area (Å²) in [7, 11) is 0. The average molecular weight is 389 g/mol. The van der Waals surface area contributed by atoms with Crippen molar-refractivity contribution in [2.24, 2.45) is 0 Å². The van der Waals surface area contributed by atoms with Crippen molar-refractivity contribution in [3.8, 4) is 6.07 Å². The number of aromatic nitrogens is 2. The number of fused-ring (bicyclic) bond motifs is 2. The number of nitriles is 1. The Labute approximate surface area is 174 Å². The minimum Gasteiger partial charge on any atom is -0.326 e. The van der Waals surface area contributed by atoms with Crippen LogP contribution in [0.15, 0.2) is 72.6 Å². The van der Waals surface area contributed by atoms with Crippen LogP contribution in [0.3, 0.4) is 0 Å². The van der Waals surface area contributed by atoms with Crippen LogP contribution in [0.4, 0.5) is 0 Å². The van der Waals surface area contributed by atoms with Gasteiger partial charge in [0.2, 0.25) is 5.78 Å². The van der Waals surface area contributed by atoms with Gasteiger partial charge in [-0.3, -0.25) is 4.79 Å². The van der Waals surface area contributed by atoms with Crippen LogP contribution < -0.4 is 0 Å². The van der Waals surface area contributed by atoms with E-state index in [2.05, 4.69) is 53.7 Å². The lowest BCUT2D eigenvalue weighted by molar-refractivity contribution is 0.104. The third-order valence-corrected chi connectivity index (χ3v) is 5.86. The van der Waals surface area contributed by atoms with Gasteiger partial charge >= 0.3 is 0 Å². The van der Waals surface area contributed by atoms with Crippen molar-refractivity contribution >= 4 is 22.4 Å². The SMILES string of the molecule is Cc1cc2ncn(Cc3ccc(C4=C(C#N)C(=O)c5ccccc54)cc3)c2cc1C. The molecule has 0 amide bonds. The monoisotopic (exact) mass is 389 g/mol. The zero-order valence-electron chi connectivity index (χ0n) is 16.8. The lowest BCUT2D eigenvalue weighted by Crippen LogP contribution is -1.99. The van der Waals surface area contributed by atoms with Gasteiger partial charge in [0.15, 0.2) is 0 Å². The number of ketones is 1. The highest BCUT2D eigenvalue weighted by Gasteiger charge is 2.30. The molecule has 0 aliphatic heterocycles. The standard InChI is InChI=1S/C26H19N3O/c1-16-11-23-24(12-17(16)2)29(15-28-23)14-18-7-9-19(10-8-18)25-20-5-3-4-6-21(20)26(30)22(25)13-27/h3-12,15H,14H2,1-2H3. The van der Waals surface area contributed by atoms with E-state index in [1.165, 1.54) is 11.1 Å². The summed E-state index contributed by atoms with van der Waals surface area (Å²) >= 11 is 0. The van der Waals surface area contributed by atoms with E-state index in [-0.39, 0.29) is 11.4 Å². The molecule has 3 aromatic carbocycles. The number of carbonyl (C=O) groups excluding carboxylic acids is 1. The van der Waals surface area contributed by atoms with E-state index in [4.69, 9.17) is 0 Å². The van der Waals surface area contributed by atoms with Gasteiger partial charge in [-0.25, -0.2) is 4.98 Å². The number of aryl methyl sites for hydroxylation is 2. The molecule has 5 rings (SSSR count). The van der Waals surface area contributed by atoms with Gasteiger partial charge in [-0.2, -0.15) is 5.26 Å². The summed E-state index contributed by atoms with van der Waals surface area (Å²) in [5.74, 6) is -0.192. The Hall–Kier alpha value is -3.97. The van der Waals surface area contributed by atoms with Crippen molar-refractivity contribution in [2.75, 3.05) is 0 Å². The molecule has 0 bridgehead atoms. The Kier molecular flexibility index (Phi) is 4.11. The van der Waals surface area contributed by atoms with Gasteiger partial charge in [0.1, 0.15) is 11.6 Å². The van der Waals surface area contributed by atoms with E-state index in [1.807, 2.05) is 36.7 Å². The van der Waals surface area contributed by atoms with Crippen LogP contribution in [0.1, 0.15) is 38.2 Å². The second-order valence-electron chi connectivity index (χ2n) is 7.73. The molecule has 0 atom stereocenters. The number of benzene rings is 3. The zero-order chi connectivity index (χ0) is 20.8. The maximum Gasteiger partial charge on any atom is 0.204 e. The van der Waals surface area contributed by atoms with E-state index < -0.39 is 0 Å². The molecule has 4 heteroatoms. The zero-order valence-corrected chi connectivity index (χ0v) is 16.8. The average Bonchev–Trinajstić information content (AvgIpc) is 3.27. The smallest absolute Gasteiger partial charge is 0.204 e. The summed E-state index contributed by atoms with van der Waals surface area (Å²) in [5, 5.41) is 9.57. The number of hydrogen-bond acceptors (Lipinski definition) is 3. The van der Waals surface area contributed by atoms with Crippen LogP contribution in [-0.2, 0) is 6.54 Å². The van der Waals surface area contributed by atoms with Gasteiger partial charge in [0.05, 0.1) is 17.4 Å². The van der Waals surface area contributed by atoms with E-state index in [0.29, 0.717) is 12.1 Å². The normalized spacial score (nSPS) is 13.0. The van der Waals surface area contributed by atoms with Gasteiger partial charge in [-0.15, -0.1) is 0 Å². The highest BCUT2D eigenvalue weighted by Crippen LogP contribution is 2.37. The predicted octanol–water partition coefficient (Wildman–Crippen LogP) is 5.22. The molecule has 0 N–H and O–H groups in total. The second kappa shape index (κ2) is 6.82. The molecule has 4 aromatic rings. The molecule has 1 aromatic heterocycles. The van der Waals surface area contributed by atoms with Crippen LogP contribution in [0.2, 0.25) is 0 Å². The first-order valence-corrected chi connectivity index (χ1v) is 9.86. The molecule has 1 aliphatic rings. The molecule has 0 fully saturated rings. The van der Waals surface area contributed by atoms with Gasteiger partial charge < -0.3 is 4.57 Å². The maximum absolute atomic E-state index is 12.6. The van der Waals surface area contributed by atoms with Crippen LogP contribution in [0.25, 0.3) is 16.6 Å². The summed E-state index contributed by atoms with van der Waals surface area (Å²) in [6.45, 7) is 4.92. The number of rotatable bonds is 3. The van der Waals surface area contributed by atoms with Gasteiger partial charge in [-0.05, 0) is 53.8 Å². The number of nitrogens with zero attached hydrogens (tertiary/aromatic N) is 3. The minimum absolute atomic E-state index is 0.192. The third kappa shape index (κ3) is 2.75. The molecule has 0 saturated carbocycles. The van der Waals surface area contributed by atoms with Crippen LogP contribution >= 0.6 is 0 Å². The number of Topliss-reactive ketones (excluding diaryl/α,β-unsaturated/α-hetero) is 1. The molecular formula is C26H19N3O.